The van der Waals surface area contributed by atoms with Crippen LogP contribution in [0.5, 0.6) is 0 Å². The van der Waals surface area contributed by atoms with E-state index in [0.717, 1.165) is 0 Å². The molecule has 0 heterocycles. The van der Waals surface area contributed by atoms with Crippen molar-refractivity contribution in [1.82, 2.24) is 5.32 Å². The van der Waals surface area contributed by atoms with Crippen LogP contribution in [0.2, 0.25) is 0 Å². The second kappa shape index (κ2) is 7.78. The summed E-state index contributed by atoms with van der Waals surface area (Å²) in [6, 6.07) is 8.57. The van der Waals surface area contributed by atoms with E-state index in [-0.39, 0.29) is 24.1 Å². The number of hydrogen-bond acceptors (Lipinski definition) is 5. The molecule has 0 aliphatic heterocycles. The molecule has 1 atom stereocenters. The van der Waals surface area contributed by atoms with Crippen molar-refractivity contribution in [2.75, 3.05) is 25.6 Å². The molecule has 0 radical (unpaired) electrons. The normalized spacial score (nSPS) is 11.0. The predicted octanol–water partition coefficient (Wildman–Crippen LogP) is 0.993. The lowest BCUT2D eigenvalue weighted by Crippen LogP contribution is -2.39. The lowest BCUT2D eigenvalue weighted by molar-refractivity contribution is -0.120. The Hall–Kier alpha value is -2.57. The summed E-state index contributed by atoms with van der Waals surface area (Å²) in [7, 11) is 1.57. The Morgan fingerprint density at radius 3 is 2.65 bits per heavy atom. The lowest BCUT2D eigenvalue weighted by Gasteiger charge is -2.13. The zero-order chi connectivity index (χ0) is 15.0. The summed E-state index contributed by atoms with van der Waals surface area (Å²) in [5, 5.41) is 23.4. The zero-order valence-corrected chi connectivity index (χ0v) is 11.4. The van der Waals surface area contributed by atoms with Gasteiger partial charge in [0.1, 0.15) is 12.1 Å². The van der Waals surface area contributed by atoms with Gasteiger partial charge in [0.2, 0.25) is 5.91 Å². The van der Waals surface area contributed by atoms with Gasteiger partial charge >= 0.3 is 0 Å². The number of amides is 1. The van der Waals surface area contributed by atoms with Crippen LogP contribution >= 0.6 is 0 Å². The molecule has 1 aromatic rings. The number of rotatable bonds is 6. The Bertz CT molecular complexity index is 557. The summed E-state index contributed by atoms with van der Waals surface area (Å²) >= 11 is 0. The monoisotopic (exact) mass is 272 g/mol. The van der Waals surface area contributed by atoms with E-state index in [9.17, 15) is 4.79 Å². The SMILES string of the molecule is COCC(C)NC(=O)CNc1ccc(C#N)c(C#N)c1. The first kappa shape index (κ1) is 15.5. The van der Waals surface area contributed by atoms with Crippen LogP contribution in [-0.4, -0.2) is 32.2 Å². The van der Waals surface area contributed by atoms with Crippen molar-refractivity contribution in [1.29, 1.82) is 10.5 Å². The standard InChI is InChI=1S/C14H16N4O2/c1-10(9-20-2)18-14(19)8-17-13-4-3-11(6-15)12(5-13)7-16/h3-5,10,17H,8-9H2,1-2H3,(H,18,19). The summed E-state index contributed by atoms with van der Waals surface area (Å²) in [5.41, 5.74) is 1.22. The lowest BCUT2D eigenvalue weighted by atomic mass is 10.1. The molecule has 20 heavy (non-hydrogen) atoms. The molecule has 6 nitrogen and oxygen atoms in total. The van der Waals surface area contributed by atoms with E-state index in [0.29, 0.717) is 17.9 Å². The minimum atomic E-state index is -0.169. The van der Waals surface area contributed by atoms with Crippen LogP contribution in [0.1, 0.15) is 18.1 Å². The smallest absolute Gasteiger partial charge is 0.239 e. The number of ether oxygens (including phenoxy) is 1. The number of carbonyl (C=O) groups excluding carboxylic acids is 1. The van der Waals surface area contributed by atoms with Crippen LogP contribution in [0.15, 0.2) is 18.2 Å². The van der Waals surface area contributed by atoms with Gasteiger partial charge in [-0.3, -0.25) is 4.79 Å². The van der Waals surface area contributed by atoms with E-state index in [1.165, 1.54) is 0 Å². The fourth-order valence-electron chi connectivity index (χ4n) is 1.64. The van der Waals surface area contributed by atoms with Crippen LogP contribution < -0.4 is 10.6 Å². The number of methoxy groups -OCH3 is 1. The minimum absolute atomic E-state index is 0.0649. The molecule has 0 saturated carbocycles. The van der Waals surface area contributed by atoms with E-state index in [1.807, 2.05) is 19.1 Å². The summed E-state index contributed by atoms with van der Waals surface area (Å²) in [4.78, 5) is 11.6. The molecule has 1 amide bonds. The second-order valence-electron chi connectivity index (χ2n) is 4.26. The highest BCUT2D eigenvalue weighted by Crippen LogP contribution is 2.14. The maximum absolute atomic E-state index is 11.6. The van der Waals surface area contributed by atoms with Crippen LogP contribution in [0, 0.1) is 22.7 Å². The number of carbonyl (C=O) groups is 1. The van der Waals surface area contributed by atoms with Gasteiger partial charge in [-0.2, -0.15) is 10.5 Å². The summed E-state index contributed by atoms with van der Waals surface area (Å²) in [6.07, 6.45) is 0. The second-order valence-corrected chi connectivity index (χ2v) is 4.26. The molecule has 0 fully saturated rings. The first-order valence-electron chi connectivity index (χ1n) is 6.07. The number of anilines is 1. The fourth-order valence-corrected chi connectivity index (χ4v) is 1.64. The third-order valence-corrected chi connectivity index (χ3v) is 2.54. The highest BCUT2D eigenvalue weighted by molar-refractivity contribution is 5.81. The summed E-state index contributed by atoms with van der Waals surface area (Å²) in [5.74, 6) is -0.169. The van der Waals surface area contributed by atoms with Gasteiger partial charge in [0, 0.05) is 18.8 Å². The molecule has 0 bridgehead atoms. The fraction of sp³-hybridized carbons (Fsp3) is 0.357. The largest absolute Gasteiger partial charge is 0.383 e. The van der Waals surface area contributed by atoms with Gasteiger partial charge in [-0.25, -0.2) is 0 Å². The van der Waals surface area contributed by atoms with Gasteiger partial charge in [0.15, 0.2) is 0 Å². The molecule has 0 spiro atoms. The molecule has 1 unspecified atom stereocenters. The highest BCUT2D eigenvalue weighted by atomic mass is 16.5. The summed E-state index contributed by atoms with van der Waals surface area (Å²) < 4.78 is 4.92. The van der Waals surface area contributed by atoms with Gasteiger partial charge < -0.3 is 15.4 Å². The van der Waals surface area contributed by atoms with Crippen LogP contribution in [0.4, 0.5) is 5.69 Å². The average Bonchev–Trinajstić information content (AvgIpc) is 2.44. The number of nitrogens with zero attached hydrogens (tertiary/aromatic N) is 2. The van der Waals surface area contributed by atoms with E-state index in [4.69, 9.17) is 15.3 Å². The highest BCUT2D eigenvalue weighted by Gasteiger charge is 2.07. The molecule has 0 aliphatic carbocycles. The number of nitrogens with one attached hydrogen (secondary N) is 2. The molecule has 2 N–H and O–H groups in total. The maximum atomic E-state index is 11.6. The molecule has 1 aromatic carbocycles. The zero-order valence-electron chi connectivity index (χ0n) is 11.4. The van der Waals surface area contributed by atoms with Crippen LogP contribution in [-0.2, 0) is 9.53 Å². The number of hydrogen-bond donors (Lipinski definition) is 2. The van der Waals surface area contributed by atoms with E-state index < -0.39 is 0 Å². The first-order valence-corrected chi connectivity index (χ1v) is 6.07. The number of benzene rings is 1. The van der Waals surface area contributed by atoms with E-state index in [1.54, 1.807) is 25.3 Å². The van der Waals surface area contributed by atoms with E-state index >= 15 is 0 Å². The van der Waals surface area contributed by atoms with Gasteiger partial charge in [0.25, 0.3) is 0 Å². The van der Waals surface area contributed by atoms with Gasteiger partial charge in [-0.05, 0) is 25.1 Å². The third kappa shape index (κ3) is 4.60. The van der Waals surface area contributed by atoms with Crippen molar-refractivity contribution >= 4 is 11.6 Å². The van der Waals surface area contributed by atoms with E-state index in [2.05, 4.69) is 10.6 Å². The Balaban J connectivity index is 2.56. The predicted molar refractivity (Wildman–Crippen MR) is 73.8 cm³/mol. The van der Waals surface area contributed by atoms with Crippen molar-refractivity contribution in [3.63, 3.8) is 0 Å². The first-order chi connectivity index (χ1) is 9.60. The Labute approximate surface area is 118 Å². The van der Waals surface area contributed by atoms with Gasteiger partial charge in [0.05, 0.1) is 24.3 Å². The molecule has 104 valence electrons. The van der Waals surface area contributed by atoms with Crippen molar-refractivity contribution in [3.8, 4) is 12.1 Å². The molecular weight excluding hydrogens is 256 g/mol. The Kier molecular flexibility index (Phi) is 6.02. The van der Waals surface area contributed by atoms with Crippen molar-refractivity contribution < 1.29 is 9.53 Å². The van der Waals surface area contributed by atoms with Crippen molar-refractivity contribution in [2.45, 2.75) is 13.0 Å². The average molecular weight is 272 g/mol. The summed E-state index contributed by atoms with van der Waals surface area (Å²) in [6.45, 7) is 2.38. The minimum Gasteiger partial charge on any atom is -0.383 e. The van der Waals surface area contributed by atoms with Crippen molar-refractivity contribution in [2.24, 2.45) is 0 Å². The Morgan fingerprint density at radius 2 is 2.05 bits per heavy atom. The molecule has 1 rings (SSSR count). The molecule has 6 heteroatoms. The maximum Gasteiger partial charge on any atom is 0.239 e. The molecule has 0 aromatic heterocycles. The molecule has 0 aliphatic rings. The molecular formula is C14H16N4O2. The van der Waals surface area contributed by atoms with Gasteiger partial charge in [-0.15, -0.1) is 0 Å². The molecule has 0 saturated heterocycles. The van der Waals surface area contributed by atoms with Crippen LogP contribution in [0.3, 0.4) is 0 Å². The topological polar surface area (TPSA) is 97.9 Å². The number of nitriles is 2. The van der Waals surface area contributed by atoms with Crippen molar-refractivity contribution in [3.05, 3.63) is 29.3 Å². The Morgan fingerprint density at radius 1 is 1.35 bits per heavy atom. The van der Waals surface area contributed by atoms with Crippen LogP contribution in [0.25, 0.3) is 0 Å². The third-order valence-electron chi connectivity index (χ3n) is 2.54. The van der Waals surface area contributed by atoms with Gasteiger partial charge in [-0.1, -0.05) is 0 Å². The quantitative estimate of drug-likeness (QED) is 0.804.